The minimum atomic E-state index is -3.00. The first kappa shape index (κ1) is 16.5. The van der Waals surface area contributed by atoms with Crippen LogP contribution in [-0.2, 0) is 22.1 Å². The lowest BCUT2D eigenvalue weighted by molar-refractivity contribution is 0.479. The second-order valence-corrected chi connectivity index (χ2v) is 7.44. The zero-order valence-electron chi connectivity index (χ0n) is 12.8. The van der Waals surface area contributed by atoms with Crippen LogP contribution in [0.4, 0.5) is 0 Å². The molecule has 0 aliphatic carbocycles. The number of hydrogen-bond acceptors (Lipinski definition) is 3. The molecule has 0 fully saturated rings. The van der Waals surface area contributed by atoms with Gasteiger partial charge in [0, 0.05) is 34.4 Å². The first-order valence-electron chi connectivity index (χ1n) is 6.33. The van der Waals surface area contributed by atoms with Gasteiger partial charge in [-0.2, -0.15) is 0 Å². The van der Waals surface area contributed by atoms with E-state index < -0.39 is 9.84 Å². The van der Waals surface area contributed by atoms with Crippen molar-refractivity contribution in [3.8, 4) is 0 Å². The number of guanidine groups is 1. The molecule has 0 amide bonds. The molecule has 1 aromatic rings. The average molecular weight is 297 g/mol. The largest absolute Gasteiger partial charge is 0.349 e. The molecule has 0 spiro atoms. The van der Waals surface area contributed by atoms with Crippen LogP contribution in [0.15, 0.2) is 29.3 Å². The van der Waals surface area contributed by atoms with Crippen molar-refractivity contribution in [2.24, 2.45) is 4.99 Å². The molecule has 0 aromatic heterocycles. The number of benzene rings is 1. The highest BCUT2D eigenvalue weighted by Gasteiger charge is 2.06. The third kappa shape index (κ3) is 5.61. The topological polar surface area (TPSA) is 53.0 Å². The summed E-state index contributed by atoms with van der Waals surface area (Å²) in [5.41, 5.74) is 1.81. The van der Waals surface area contributed by atoms with Crippen LogP contribution in [-0.4, -0.2) is 58.6 Å². The highest BCUT2D eigenvalue weighted by atomic mass is 32.2. The lowest BCUT2D eigenvalue weighted by atomic mass is 10.1. The molecule has 1 aromatic carbocycles. The van der Waals surface area contributed by atoms with Gasteiger partial charge >= 0.3 is 0 Å². The highest BCUT2D eigenvalue weighted by Crippen LogP contribution is 2.10. The van der Waals surface area contributed by atoms with Gasteiger partial charge in [-0.3, -0.25) is 0 Å². The van der Waals surface area contributed by atoms with Crippen molar-refractivity contribution in [1.82, 2.24) is 9.80 Å². The molecule has 0 unspecified atom stereocenters. The zero-order chi connectivity index (χ0) is 15.3. The van der Waals surface area contributed by atoms with Gasteiger partial charge < -0.3 is 9.80 Å². The molecular formula is C14H23N3O2S. The van der Waals surface area contributed by atoms with Crippen molar-refractivity contribution >= 4 is 15.8 Å². The van der Waals surface area contributed by atoms with Crippen LogP contribution in [0.3, 0.4) is 0 Å². The normalized spacial score (nSPS) is 11.1. The predicted octanol–water partition coefficient (Wildman–Crippen LogP) is 1.21. The summed E-state index contributed by atoms with van der Waals surface area (Å²) in [4.78, 5) is 8.44. The molecule has 5 nitrogen and oxygen atoms in total. The van der Waals surface area contributed by atoms with E-state index in [1.165, 1.54) is 6.26 Å². The fourth-order valence-electron chi connectivity index (χ4n) is 1.97. The van der Waals surface area contributed by atoms with Gasteiger partial charge in [0.15, 0.2) is 15.8 Å². The van der Waals surface area contributed by atoms with Gasteiger partial charge in [0.2, 0.25) is 0 Å². The Morgan fingerprint density at radius 1 is 1.10 bits per heavy atom. The number of rotatable bonds is 4. The standard InChI is InChI=1S/C14H23N3O2S/c1-16(2)14(17(3)4)15-10-12-7-6-8-13(9-12)11-20(5,18)19/h6-9H,10-11H2,1-5H3. The molecule has 1 rings (SSSR count). The molecule has 0 radical (unpaired) electrons. The predicted molar refractivity (Wildman–Crippen MR) is 83.5 cm³/mol. The van der Waals surface area contributed by atoms with Crippen LogP contribution >= 0.6 is 0 Å². The molecule has 6 heteroatoms. The Morgan fingerprint density at radius 3 is 2.15 bits per heavy atom. The van der Waals surface area contributed by atoms with Crippen molar-refractivity contribution in [3.05, 3.63) is 35.4 Å². The molecule has 0 N–H and O–H groups in total. The van der Waals surface area contributed by atoms with E-state index in [0.717, 1.165) is 17.1 Å². The Balaban J connectivity index is 2.88. The summed E-state index contributed by atoms with van der Waals surface area (Å²) in [5, 5.41) is 0. The summed E-state index contributed by atoms with van der Waals surface area (Å²) >= 11 is 0. The summed E-state index contributed by atoms with van der Waals surface area (Å²) in [6, 6.07) is 7.55. The second-order valence-electron chi connectivity index (χ2n) is 5.30. The van der Waals surface area contributed by atoms with Crippen molar-refractivity contribution in [1.29, 1.82) is 0 Å². The van der Waals surface area contributed by atoms with E-state index in [4.69, 9.17) is 0 Å². The van der Waals surface area contributed by atoms with E-state index in [-0.39, 0.29) is 5.75 Å². The van der Waals surface area contributed by atoms with E-state index in [1.54, 1.807) is 0 Å². The Morgan fingerprint density at radius 2 is 1.65 bits per heavy atom. The van der Waals surface area contributed by atoms with Gasteiger partial charge in [0.25, 0.3) is 0 Å². The molecular weight excluding hydrogens is 274 g/mol. The fraction of sp³-hybridized carbons (Fsp3) is 0.500. The van der Waals surface area contributed by atoms with Crippen molar-refractivity contribution in [2.45, 2.75) is 12.3 Å². The maximum absolute atomic E-state index is 11.3. The number of hydrogen-bond donors (Lipinski definition) is 0. The maximum Gasteiger partial charge on any atom is 0.195 e. The Bertz CT molecular complexity index is 568. The summed E-state index contributed by atoms with van der Waals surface area (Å²) in [5.74, 6) is 0.942. The van der Waals surface area contributed by atoms with E-state index in [1.807, 2.05) is 62.3 Å². The average Bonchev–Trinajstić information content (AvgIpc) is 2.26. The molecule has 112 valence electrons. The summed E-state index contributed by atoms with van der Waals surface area (Å²) in [6.07, 6.45) is 1.24. The summed E-state index contributed by atoms with van der Waals surface area (Å²) in [7, 11) is 4.77. The van der Waals surface area contributed by atoms with Crippen molar-refractivity contribution < 1.29 is 8.42 Å². The lowest BCUT2D eigenvalue weighted by Gasteiger charge is -2.22. The first-order valence-corrected chi connectivity index (χ1v) is 8.40. The van der Waals surface area contributed by atoms with Crippen LogP contribution in [0.1, 0.15) is 11.1 Å². The Hall–Kier alpha value is -1.56. The van der Waals surface area contributed by atoms with E-state index in [2.05, 4.69) is 4.99 Å². The van der Waals surface area contributed by atoms with E-state index >= 15 is 0 Å². The third-order valence-corrected chi connectivity index (χ3v) is 3.48. The smallest absolute Gasteiger partial charge is 0.195 e. The van der Waals surface area contributed by atoms with Gasteiger partial charge in [-0.25, -0.2) is 13.4 Å². The Labute approximate surface area is 121 Å². The minimum absolute atomic E-state index is 0.0682. The van der Waals surface area contributed by atoms with Crippen molar-refractivity contribution in [2.75, 3.05) is 34.4 Å². The quantitative estimate of drug-likeness (QED) is 0.619. The van der Waals surface area contributed by atoms with Gasteiger partial charge in [-0.1, -0.05) is 24.3 Å². The molecule has 0 aliphatic rings. The maximum atomic E-state index is 11.3. The van der Waals surface area contributed by atoms with Crippen LogP contribution in [0, 0.1) is 0 Å². The van der Waals surface area contributed by atoms with Gasteiger partial charge in [-0.05, 0) is 11.1 Å². The minimum Gasteiger partial charge on any atom is -0.349 e. The van der Waals surface area contributed by atoms with Gasteiger partial charge in [0.05, 0.1) is 12.3 Å². The molecule has 0 bridgehead atoms. The number of nitrogens with zero attached hydrogens (tertiary/aromatic N) is 3. The second kappa shape index (κ2) is 6.74. The highest BCUT2D eigenvalue weighted by molar-refractivity contribution is 7.89. The van der Waals surface area contributed by atoms with Gasteiger partial charge in [-0.15, -0.1) is 0 Å². The molecule has 0 aliphatic heterocycles. The summed E-state index contributed by atoms with van der Waals surface area (Å²) < 4.78 is 22.6. The SMILES string of the molecule is CN(C)C(=NCc1cccc(CS(C)(=O)=O)c1)N(C)C. The molecule has 20 heavy (non-hydrogen) atoms. The molecule has 0 atom stereocenters. The van der Waals surface area contributed by atoms with E-state index in [0.29, 0.717) is 6.54 Å². The van der Waals surface area contributed by atoms with Crippen LogP contribution < -0.4 is 0 Å². The van der Waals surface area contributed by atoms with Gasteiger partial charge in [0.1, 0.15) is 0 Å². The number of sulfone groups is 1. The number of aliphatic imine (C=N–C) groups is 1. The molecule has 0 saturated heterocycles. The van der Waals surface area contributed by atoms with Crippen LogP contribution in [0.5, 0.6) is 0 Å². The monoisotopic (exact) mass is 297 g/mol. The van der Waals surface area contributed by atoms with Crippen molar-refractivity contribution in [3.63, 3.8) is 0 Å². The fourth-order valence-corrected chi connectivity index (χ4v) is 2.75. The third-order valence-electron chi connectivity index (χ3n) is 2.62. The Kier molecular flexibility index (Phi) is 5.56. The van der Waals surface area contributed by atoms with Crippen LogP contribution in [0.25, 0.3) is 0 Å². The zero-order valence-corrected chi connectivity index (χ0v) is 13.6. The molecule has 0 heterocycles. The molecule has 0 saturated carbocycles. The summed E-state index contributed by atoms with van der Waals surface area (Å²) in [6.45, 7) is 0.531. The van der Waals surface area contributed by atoms with Crippen LogP contribution in [0.2, 0.25) is 0 Å². The van der Waals surface area contributed by atoms with E-state index in [9.17, 15) is 8.42 Å². The first-order chi connectivity index (χ1) is 9.19. The lowest BCUT2D eigenvalue weighted by Crippen LogP contribution is -2.35.